The maximum Gasteiger partial charge on any atom is 0.174 e. The van der Waals surface area contributed by atoms with Gasteiger partial charge in [-0.2, -0.15) is 0 Å². The summed E-state index contributed by atoms with van der Waals surface area (Å²) in [5.74, 6) is 0.577. The Morgan fingerprint density at radius 2 is 1.11 bits per heavy atom. The first kappa shape index (κ1) is 26.6. The van der Waals surface area contributed by atoms with Crippen LogP contribution in [0.15, 0.2) is 164 Å². The number of benzene rings is 6. The van der Waals surface area contributed by atoms with Crippen molar-refractivity contribution in [3.8, 4) is 17.1 Å². The van der Waals surface area contributed by atoms with E-state index in [2.05, 4.69) is 94.4 Å². The average molecular weight is 611 g/mol. The number of rotatable bonds is 5. The van der Waals surface area contributed by atoms with E-state index >= 15 is 0 Å². The van der Waals surface area contributed by atoms with Crippen molar-refractivity contribution in [3.05, 3.63) is 164 Å². The molecule has 0 saturated carbocycles. The lowest BCUT2D eigenvalue weighted by Gasteiger charge is -2.33. The largest absolute Gasteiger partial charge is 0.309 e. The molecule has 3 heterocycles. The SMILES string of the molecule is O=P(c1ccccc1)(c1ccccc1)c1cnc(-c2ccc3c(c2)N(c2ccccc2)c2cccc4c5ccccc5n-3c24)nc1. The molecule has 6 heteroatoms. The van der Waals surface area contributed by atoms with Gasteiger partial charge >= 0.3 is 0 Å². The van der Waals surface area contributed by atoms with Gasteiger partial charge < -0.3 is 14.0 Å². The van der Waals surface area contributed by atoms with Crippen LogP contribution in [0.4, 0.5) is 17.1 Å². The Balaban J connectivity index is 1.22. The highest BCUT2D eigenvalue weighted by atomic mass is 31.2. The van der Waals surface area contributed by atoms with E-state index in [1.807, 2.05) is 66.7 Å². The van der Waals surface area contributed by atoms with Gasteiger partial charge in [0.2, 0.25) is 0 Å². The summed E-state index contributed by atoms with van der Waals surface area (Å²) in [6.07, 6.45) is 3.46. The zero-order chi connectivity index (χ0) is 30.7. The molecule has 0 N–H and O–H groups in total. The zero-order valence-corrected chi connectivity index (χ0v) is 25.6. The monoisotopic (exact) mass is 610 g/mol. The van der Waals surface area contributed by atoms with Gasteiger partial charge in [0.05, 0.1) is 33.4 Å². The molecule has 0 fully saturated rings. The fraction of sp³-hybridized carbons (Fsp3) is 0. The van der Waals surface area contributed by atoms with Crippen LogP contribution in [0.3, 0.4) is 0 Å². The summed E-state index contributed by atoms with van der Waals surface area (Å²) in [6, 6.07) is 51.3. The molecule has 0 radical (unpaired) electrons. The highest BCUT2D eigenvalue weighted by Crippen LogP contribution is 2.50. The summed E-state index contributed by atoms with van der Waals surface area (Å²) >= 11 is 0. The van der Waals surface area contributed by atoms with Crippen molar-refractivity contribution in [1.29, 1.82) is 0 Å². The normalized spacial score (nSPS) is 12.4. The fourth-order valence-corrected chi connectivity index (χ4v) is 9.32. The van der Waals surface area contributed by atoms with Crippen molar-refractivity contribution in [1.82, 2.24) is 14.5 Å². The molecule has 1 aliphatic heterocycles. The molecular weight excluding hydrogens is 583 g/mol. The Morgan fingerprint density at radius 1 is 0.500 bits per heavy atom. The van der Waals surface area contributed by atoms with Gasteiger partial charge in [0.15, 0.2) is 13.0 Å². The first-order valence-corrected chi connectivity index (χ1v) is 17.0. The van der Waals surface area contributed by atoms with E-state index in [0.29, 0.717) is 11.1 Å². The van der Waals surface area contributed by atoms with Gasteiger partial charge in [-0.25, -0.2) is 9.97 Å². The summed E-state index contributed by atoms with van der Waals surface area (Å²) in [7, 11) is -3.17. The van der Waals surface area contributed by atoms with Crippen molar-refractivity contribution in [3.63, 3.8) is 0 Å². The van der Waals surface area contributed by atoms with Crippen LogP contribution < -0.4 is 20.8 Å². The Hall–Kier alpha value is -5.77. The van der Waals surface area contributed by atoms with Crippen LogP contribution in [-0.4, -0.2) is 14.5 Å². The second-order valence-electron chi connectivity index (χ2n) is 11.4. The van der Waals surface area contributed by atoms with E-state index in [0.717, 1.165) is 38.9 Å². The summed E-state index contributed by atoms with van der Waals surface area (Å²) in [5, 5.41) is 4.57. The van der Waals surface area contributed by atoms with E-state index in [4.69, 9.17) is 9.97 Å². The predicted molar refractivity (Wildman–Crippen MR) is 189 cm³/mol. The van der Waals surface area contributed by atoms with Crippen LogP contribution in [0.2, 0.25) is 0 Å². The molecule has 5 nitrogen and oxygen atoms in total. The molecule has 0 spiro atoms. The number of nitrogens with zero attached hydrogens (tertiary/aromatic N) is 4. The van der Waals surface area contributed by atoms with E-state index in [1.165, 1.54) is 21.8 Å². The van der Waals surface area contributed by atoms with Gasteiger partial charge in [0.1, 0.15) is 0 Å². The Bertz CT molecular complexity index is 2400. The second-order valence-corrected chi connectivity index (χ2v) is 14.2. The Morgan fingerprint density at radius 3 is 1.80 bits per heavy atom. The van der Waals surface area contributed by atoms with Crippen molar-refractivity contribution < 1.29 is 4.57 Å². The van der Waals surface area contributed by atoms with Crippen LogP contribution in [0, 0.1) is 0 Å². The van der Waals surface area contributed by atoms with Gasteiger partial charge in [-0.15, -0.1) is 0 Å². The van der Waals surface area contributed by atoms with Crippen LogP contribution >= 0.6 is 7.14 Å². The van der Waals surface area contributed by atoms with E-state index in [-0.39, 0.29) is 0 Å². The van der Waals surface area contributed by atoms with Crippen molar-refractivity contribution in [2.24, 2.45) is 0 Å². The predicted octanol–water partition coefficient (Wildman–Crippen LogP) is 8.66. The first-order chi connectivity index (χ1) is 22.7. The number of hydrogen-bond acceptors (Lipinski definition) is 4. The summed E-state index contributed by atoms with van der Waals surface area (Å²) < 4.78 is 17.2. The quantitative estimate of drug-likeness (QED) is 0.183. The highest BCUT2D eigenvalue weighted by Gasteiger charge is 2.31. The molecular formula is C40H27N4OP. The molecule has 218 valence electrons. The lowest BCUT2D eigenvalue weighted by molar-refractivity contribution is 0.592. The lowest BCUT2D eigenvalue weighted by atomic mass is 10.1. The number of fused-ring (bicyclic) bond motifs is 5. The molecule has 8 aromatic rings. The minimum atomic E-state index is -3.17. The molecule has 0 bridgehead atoms. The van der Waals surface area contributed by atoms with E-state index in [1.54, 1.807) is 12.4 Å². The van der Waals surface area contributed by atoms with Crippen LogP contribution in [-0.2, 0) is 4.57 Å². The zero-order valence-electron chi connectivity index (χ0n) is 24.7. The minimum Gasteiger partial charge on any atom is -0.309 e. The Kier molecular flexibility index (Phi) is 6.02. The molecule has 0 atom stereocenters. The van der Waals surface area contributed by atoms with Crippen LogP contribution in [0.1, 0.15) is 0 Å². The summed E-state index contributed by atoms with van der Waals surface area (Å²) in [4.78, 5) is 12.0. The molecule has 1 aliphatic rings. The molecule has 9 rings (SSSR count). The standard InChI is InChI=1S/C40H27N4OP/c45-46(30-15-6-2-7-16-30,31-17-8-3-9-18-31)32-26-41-40(42-27-32)28-23-24-36-38(25-28)43(29-13-4-1-5-14-29)37-22-12-20-34-33-19-10-11-21-35(33)44(36)39(34)37/h1-27H. The molecule has 46 heavy (non-hydrogen) atoms. The first-order valence-electron chi connectivity index (χ1n) is 15.3. The second kappa shape index (κ2) is 10.4. The number of para-hydroxylation sites is 3. The van der Waals surface area contributed by atoms with Gasteiger partial charge in [-0.05, 0) is 42.5 Å². The third-order valence-corrected chi connectivity index (χ3v) is 11.9. The summed E-state index contributed by atoms with van der Waals surface area (Å²) in [5.41, 5.74) is 7.56. The van der Waals surface area contributed by atoms with Crippen LogP contribution in [0.5, 0.6) is 0 Å². The highest BCUT2D eigenvalue weighted by molar-refractivity contribution is 7.85. The van der Waals surface area contributed by atoms with Crippen molar-refractivity contribution in [2.75, 3.05) is 4.90 Å². The Labute approximate surface area is 266 Å². The average Bonchev–Trinajstić information content (AvgIpc) is 3.48. The van der Waals surface area contributed by atoms with Crippen molar-refractivity contribution in [2.45, 2.75) is 0 Å². The molecule has 6 aromatic carbocycles. The van der Waals surface area contributed by atoms with Gasteiger partial charge in [0.25, 0.3) is 0 Å². The van der Waals surface area contributed by atoms with Gasteiger partial charge in [0, 0.05) is 45.0 Å². The molecule has 2 aromatic heterocycles. The summed E-state index contributed by atoms with van der Waals surface area (Å²) in [6.45, 7) is 0. The third kappa shape index (κ3) is 3.92. The van der Waals surface area contributed by atoms with Gasteiger partial charge in [-0.3, -0.25) is 0 Å². The minimum absolute atomic E-state index is 0.577. The maximum atomic E-state index is 14.9. The van der Waals surface area contributed by atoms with Gasteiger partial charge in [-0.1, -0.05) is 109 Å². The third-order valence-electron chi connectivity index (χ3n) is 8.89. The smallest absolute Gasteiger partial charge is 0.174 e. The lowest BCUT2D eigenvalue weighted by Crippen LogP contribution is -2.25. The van der Waals surface area contributed by atoms with Crippen LogP contribution in [0.25, 0.3) is 38.9 Å². The number of anilines is 3. The van der Waals surface area contributed by atoms with E-state index in [9.17, 15) is 4.57 Å². The number of aromatic nitrogens is 3. The maximum absolute atomic E-state index is 14.9. The molecule has 0 saturated heterocycles. The molecule has 0 unspecified atom stereocenters. The molecule has 0 amide bonds. The van der Waals surface area contributed by atoms with E-state index < -0.39 is 7.14 Å². The molecule has 0 aliphatic carbocycles. The fourth-order valence-electron chi connectivity index (χ4n) is 6.80. The van der Waals surface area contributed by atoms with Crippen molar-refractivity contribution >= 4 is 61.9 Å². The number of hydrogen-bond donors (Lipinski definition) is 0. The topological polar surface area (TPSA) is 51.0 Å².